The van der Waals surface area contributed by atoms with Crippen LogP contribution < -0.4 is 5.90 Å². The lowest BCUT2D eigenvalue weighted by Crippen LogP contribution is -2.09. The molecule has 0 aliphatic rings. The zero-order valence-corrected chi connectivity index (χ0v) is 7.47. The Hall–Kier alpha value is -1.00. The summed E-state index contributed by atoms with van der Waals surface area (Å²) >= 11 is 0. The number of hydrogen-bond donors (Lipinski definition) is 1. The molecule has 1 unspecified atom stereocenters. The van der Waals surface area contributed by atoms with Gasteiger partial charge in [-0.3, -0.25) is 4.84 Å². The van der Waals surface area contributed by atoms with Gasteiger partial charge in [-0.15, -0.1) is 0 Å². The van der Waals surface area contributed by atoms with Crippen molar-refractivity contribution in [1.29, 1.82) is 0 Å². The predicted molar refractivity (Wildman–Crippen MR) is 44.8 cm³/mol. The molecule has 72 valence electrons. The predicted octanol–water partition coefficient (Wildman–Crippen LogP) is 2.22. The maximum atomic E-state index is 13.2. The zero-order chi connectivity index (χ0) is 10.0. The lowest BCUT2D eigenvalue weighted by molar-refractivity contribution is 0.0611. The van der Waals surface area contributed by atoms with Crippen LogP contribution in [0.3, 0.4) is 0 Å². The standard InChI is InChI=1S/C9H11F2NO/c1-5-3-7(10)9(6(2)13-12)8(11)4-5/h3-4,6H,12H2,1-2H3. The molecule has 13 heavy (non-hydrogen) atoms. The average molecular weight is 187 g/mol. The Morgan fingerprint density at radius 3 is 2.15 bits per heavy atom. The molecule has 0 amide bonds. The molecule has 0 saturated heterocycles. The van der Waals surface area contributed by atoms with E-state index < -0.39 is 17.7 Å². The van der Waals surface area contributed by atoms with E-state index in [0.29, 0.717) is 5.56 Å². The van der Waals surface area contributed by atoms with Crippen LogP contribution in [0, 0.1) is 18.6 Å². The van der Waals surface area contributed by atoms with Crippen molar-refractivity contribution in [3.63, 3.8) is 0 Å². The Bertz CT molecular complexity index is 291. The number of hydrogen-bond acceptors (Lipinski definition) is 2. The maximum absolute atomic E-state index is 13.2. The Morgan fingerprint density at radius 1 is 1.31 bits per heavy atom. The van der Waals surface area contributed by atoms with Gasteiger partial charge >= 0.3 is 0 Å². The maximum Gasteiger partial charge on any atom is 0.132 e. The first-order valence-corrected chi connectivity index (χ1v) is 3.87. The van der Waals surface area contributed by atoms with Gasteiger partial charge in [0.25, 0.3) is 0 Å². The molecule has 0 radical (unpaired) electrons. The number of aryl methyl sites for hydroxylation is 1. The van der Waals surface area contributed by atoms with Crippen molar-refractivity contribution in [2.24, 2.45) is 5.90 Å². The summed E-state index contributed by atoms with van der Waals surface area (Å²) in [4.78, 5) is 4.36. The third kappa shape index (κ3) is 2.02. The van der Waals surface area contributed by atoms with E-state index in [1.54, 1.807) is 6.92 Å². The van der Waals surface area contributed by atoms with Gasteiger partial charge in [0, 0.05) is 0 Å². The van der Waals surface area contributed by atoms with Gasteiger partial charge in [-0.05, 0) is 31.5 Å². The second kappa shape index (κ2) is 3.81. The SMILES string of the molecule is Cc1cc(F)c(C(C)ON)c(F)c1. The molecule has 0 spiro atoms. The van der Waals surface area contributed by atoms with Gasteiger partial charge in [0.15, 0.2) is 0 Å². The minimum absolute atomic E-state index is 0.131. The van der Waals surface area contributed by atoms with Gasteiger partial charge < -0.3 is 0 Å². The van der Waals surface area contributed by atoms with Crippen molar-refractivity contribution >= 4 is 0 Å². The largest absolute Gasteiger partial charge is 0.297 e. The monoisotopic (exact) mass is 187 g/mol. The minimum Gasteiger partial charge on any atom is -0.297 e. The third-order valence-corrected chi connectivity index (χ3v) is 1.83. The van der Waals surface area contributed by atoms with E-state index in [0.717, 1.165) is 0 Å². The molecule has 1 atom stereocenters. The first kappa shape index (κ1) is 10.1. The van der Waals surface area contributed by atoms with Gasteiger partial charge in [0.2, 0.25) is 0 Å². The van der Waals surface area contributed by atoms with Gasteiger partial charge in [0.05, 0.1) is 5.56 Å². The normalized spacial score (nSPS) is 13.0. The molecule has 0 aromatic heterocycles. The summed E-state index contributed by atoms with van der Waals surface area (Å²) < 4.78 is 26.3. The Kier molecular flexibility index (Phi) is 2.95. The van der Waals surface area contributed by atoms with E-state index in [-0.39, 0.29) is 5.56 Å². The van der Waals surface area contributed by atoms with Crippen LogP contribution in [0.25, 0.3) is 0 Å². The van der Waals surface area contributed by atoms with Crippen molar-refractivity contribution < 1.29 is 13.6 Å². The highest BCUT2D eigenvalue weighted by Crippen LogP contribution is 2.23. The molecule has 1 rings (SSSR count). The van der Waals surface area contributed by atoms with E-state index >= 15 is 0 Å². The van der Waals surface area contributed by atoms with Crippen LogP contribution >= 0.6 is 0 Å². The van der Waals surface area contributed by atoms with Gasteiger partial charge in [-0.1, -0.05) is 0 Å². The summed E-state index contributed by atoms with van der Waals surface area (Å²) in [5.74, 6) is 3.59. The lowest BCUT2D eigenvalue weighted by atomic mass is 10.1. The van der Waals surface area contributed by atoms with Gasteiger partial charge in [0.1, 0.15) is 17.7 Å². The fraction of sp³-hybridized carbons (Fsp3) is 0.333. The van der Waals surface area contributed by atoms with Crippen LogP contribution in [-0.4, -0.2) is 0 Å². The molecule has 0 fully saturated rings. The molecule has 1 aromatic carbocycles. The molecule has 0 saturated carbocycles. The second-order valence-corrected chi connectivity index (χ2v) is 2.92. The van der Waals surface area contributed by atoms with Crippen LogP contribution in [0.4, 0.5) is 8.78 Å². The van der Waals surface area contributed by atoms with Crippen LogP contribution in [0.15, 0.2) is 12.1 Å². The molecule has 0 heterocycles. The molecule has 2 N–H and O–H groups in total. The highest BCUT2D eigenvalue weighted by molar-refractivity contribution is 5.26. The third-order valence-electron chi connectivity index (χ3n) is 1.83. The number of halogens is 2. The van der Waals surface area contributed by atoms with Crippen molar-refractivity contribution in [2.75, 3.05) is 0 Å². The van der Waals surface area contributed by atoms with E-state index in [1.165, 1.54) is 19.1 Å². The van der Waals surface area contributed by atoms with Crippen LogP contribution in [-0.2, 0) is 4.84 Å². The van der Waals surface area contributed by atoms with Gasteiger partial charge in [-0.25, -0.2) is 14.7 Å². The van der Waals surface area contributed by atoms with Crippen molar-refractivity contribution in [3.8, 4) is 0 Å². The van der Waals surface area contributed by atoms with Gasteiger partial charge in [-0.2, -0.15) is 0 Å². The number of rotatable bonds is 2. The van der Waals surface area contributed by atoms with Crippen LogP contribution in [0.5, 0.6) is 0 Å². The molecule has 4 heteroatoms. The quantitative estimate of drug-likeness (QED) is 0.720. The molecule has 1 aromatic rings. The molecule has 0 bridgehead atoms. The summed E-state index contributed by atoms with van der Waals surface area (Å²) in [7, 11) is 0. The van der Waals surface area contributed by atoms with Crippen molar-refractivity contribution in [2.45, 2.75) is 20.0 Å². The average Bonchev–Trinajstić information content (AvgIpc) is 2.02. The number of benzene rings is 1. The first-order valence-electron chi connectivity index (χ1n) is 3.87. The Balaban J connectivity index is 3.20. The topological polar surface area (TPSA) is 35.2 Å². The molecule has 2 nitrogen and oxygen atoms in total. The van der Waals surface area contributed by atoms with Crippen molar-refractivity contribution in [1.82, 2.24) is 0 Å². The second-order valence-electron chi connectivity index (χ2n) is 2.92. The highest BCUT2D eigenvalue weighted by Gasteiger charge is 2.16. The Morgan fingerprint density at radius 2 is 1.77 bits per heavy atom. The van der Waals surface area contributed by atoms with E-state index in [9.17, 15) is 8.78 Å². The van der Waals surface area contributed by atoms with Crippen LogP contribution in [0.2, 0.25) is 0 Å². The van der Waals surface area contributed by atoms with E-state index in [1.807, 2.05) is 0 Å². The smallest absolute Gasteiger partial charge is 0.132 e. The molecule has 0 aliphatic heterocycles. The fourth-order valence-electron chi connectivity index (χ4n) is 1.17. The van der Waals surface area contributed by atoms with Crippen molar-refractivity contribution in [3.05, 3.63) is 34.9 Å². The van der Waals surface area contributed by atoms with Crippen LogP contribution in [0.1, 0.15) is 24.2 Å². The highest BCUT2D eigenvalue weighted by atomic mass is 19.1. The lowest BCUT2D eigenvalue weighted by Gasteiger charge is -2.11. The summed E-state index contributed by atoms with van der Waals surface area (Å²) in [5, 5.41) is 0. The first-order chi connectivity index (χ1) is 6.06. The Labute approximate surface area is 75.3 Å². The summed E-state index contributed by atoms with van der Waals surface area (Å²) in [6, 6.07) is 2.49. The van der Waals surface area contributed by atoms with E-state index in [2.05, 4.69) is 4.84 Å². The summed E-state index contributed by atoms with van der Waals surface area (Å²) in [6.45, 7) is 3.10. The van der Waals surface area contributed by atoms with E-state index in [4.69, 9.17) is 5.90 Å². The fourth-order valence-corrected chi connectivity index (χ4v) is 1.17. The summed E-state index contributed by atoms with van der Waals surface area (Å²) in [6.07, 6.45) is -0.777. The number of nitrogens with two attached hydrogens (primary N) is 1. The molecular formula is C9H11F2NO. The summed E-state index contributed by atoms with van der Waals surface area (Å²) in [5.41, 5.74) is 0.399. The zero-order valence-electron chi connectivity index (χ0n) is 7.47. The minimum atomic E-state index is -0.777. The molecule has 0 aliphatic carbocycles. The molecular weight excluding hydrogens is 176 g/mol.